The lowest BCUT2D eigenvalue weighted by atomic mass is 9.87. The normalized spacial score (nSPS) is 11.2. The number of hydrogen-bond acceptors (Lipinski definition) is 6. The molecule has 186 valence electrons. The van der Waals surface area contributed by atoms with E-state index in [2.05, 4.69) is 26.1 Å². The molecule has 0 aliphatic heterocycles. The number of carbonyl (C=O) groups excluding carboxylic acids is 1. The molecule has 36 heavy (non-hydrogen) atoms. The predicted molar refractivity (Wildman–Crippen MR) is 139 cm³/mol. The first-order valence-electron chi connectivity index (χ1n) is 11.7. The van der Waals surface area contributed by atoms with Crippen molar-refractivity contribution in [2.24, 2.45) is 0 Å². The summed E-state index contributed by atoms with van der Waals surface area (Å²) in [5, 5.41) is 3.11. The van der Waals surface area contributed by atoms with Crippen LogP contribution in [0.25, 0.3) is 11.0 Å². The average Bonchev–Trinajstić information content (AvgIpc) is 2.86. The van der Waals surface area contributed by atoms with E-state index in [0.29, 0.717) is 34.8 Å². The second kappa shape index (κ2) is 10.6. The molecule has 1 aromatic heterocycles. The molecule has 0 unspecified atom stereocenters. The first kappa shape index (κ1) is 24.9. The summed E-state index contributed by atoms with van der Waals surface area (Å²) in [4.78, 5) is 25.2. The summed E-state index contributed by atoms with van der Waals surface area (Å²) in [5.74, 6) is 1.46. The Bertz CT molecular complexity index is 1400. The molecule has 0 fully saturated rings. The Balaban J connectivity index is 1.39. The van der Waals surface area contributed by atoms with Gasteiger partial charge >= 0.3 is 0 Å². The molecule has 0 saturated heterocycles. The number of ether oxygens (including phenoxy) is 3. The van der Waals surface area contributed by atoms with Crippen LogP contribution >= 0.6 is 0 Å². The van der Waals surface area contributed by atoms with Gasteiger partial charge in [-0.25, -0.2) is 0 Å². The second-order valence-corrected chi connectivity index (χ2v) is 9.26. The molecule has 7 heteroatoms. The van der Waals surface area contributed by atoms with Crippen molar-refractivity contribution in [1.29, 1.82) is 0 Å². The molecule has 1 heterocycles. The number of fused-ring (bicyclic) bond motifs is 1. The Kier molecular flexibility index (Phi) is 7.29. The Morgan fingerprint density at radius 3 is 2.22 bits per heavy atom. The summed E-state index contributed by atoms with van der Waals surface area (Å²) >= 11 is 0. The zero-order valence-corrected chi connectivity index (χ0v) is 20.8. The topological polar surface area (TPSA) is 87.0 Å². The van der Waals surface area contributed by atoms with Gasteiger partial charge < -0.3 is 23.9 Å². The fraction of sp³-hybridized carbons (Fsp3) is 0.241. The molecule has 0 saturated carbocycles. The highest BCUT2D eigenvalue weighted by Crippen LogP contribution is 2.27. The van der Waals surface area contributed by atoms with Gasteiger partial charge in [0.15, 0.2) is 6.61 Å². The van der Waals surface area contributed by atoms with E-state index < -0.39 is 0 Å². The van der Waals surface area contributed by atoms with Gasteiger partial charge in [-0.15, -0.1) is 0 Å². The molecule has 0 radical (unpaired) electrons. The summed E-state index contributed by atoms with van der Waals surface area (Å²) in [5.41, 5.74) is 1.87. The number of nitrogens with one attached hydrogen (secondary N) is 1. The number of anilines is 1. The Morgan fingerprint density at radius 2 is 1.56 bits per heavy atom. The molecule has 0 aliphatic rings. The molecule has 0 bridgehead atoms. The molecular weight excluding hydrogens is 458 g/mol. The Morgan fingerprint density at radius 1 is 0.889 bits per heavy atom. The molecule has 0 spiro atoms. The van der Waals surface area contributed by atoms with Gasteiger partial charge in [0.1, 0.15) is 29.1 Å². The van der Waals surface area contributed by atoms with Gasteiger partial charge in [0.25, 0.3) is 5.91 Å². The van der Waals surface area contributed by atoms with Gasteiger partial charge in [0.05, 0.1) is 12.0 Å². The third-order valence-electron chi connectivity index (χ3n) is 5.48. The smallest absolute Gasteiger partial charge is 0.262 e. The van der Waals surface area contributed by atoms with Crippen LogP contribution in [0.5, 0.6) is 23.0 Å². The van der Waals surface area contributed by atoms with Crippen LogP contribution < -0.4 is 25.0 Å². The van der Waals surface area contributed by atoms with E-state index in [9.17, 15) is 9.59 Å². The highest BCUT2D eigenvalue weighted by molar-refractivity contribution is 5.92. The lowest BCUT2D eigenvalue weighted by molar-refractivity contribution is -0.118. The van der Waals surface area contributed by atoms with Crippen molar-refractivity contribution in [1.82, 2.24) is 0 Å². The van der Waals surface area contributed by atoms with E-state index in [0.717, 1.165) is 5.75 Å². The summed E-state index contributed by atoms with van der Waals surface area (Å²) in [6.07, 6.45) is 1.28. The molecule has 3 aromatic carbocycles. The van der Waals surface area contributed by atoms with E-state index in [1.165, 1.54) is 11.8 Å². The quantitative estimate of drug-likeness (QED) is 0.314. The van der Waals surface area contributed by atoms with Crippen LogP contribution in [0.15, 0.2) is 82.2 Å². The van der Waals surface area contributed by atoms with Crippen molar-refractivity contribution in [2.75, 3.05) is 18.5 Å². The molecule has 0 aliphatic carbocycles. The van der Waals surface area contributed by atoms with Crippen molar-refractivity contribution in [3.05, 3.63) is 88.8 Å². The number of hydrogen-bond donors (Lipinski definition) is 1. The summed E-state index contributed by atoms with van der Waals surface area (Å²) in [6.45, 7) is 8.68. The van der Waals surface area contributed by atoms with Crippen LogP contribution in [0.4, 0.5) is 5.69 Å². The monoisotopic (exact) mass is 487 g/mol. The summed E-state index contributed by atoms with van der Waals surface area (Å²) in [6, 6.07) is 19.5. The number of benzene rings is 3. The molecule has 1 N–H and O–H groups in total. The van der Waals surface area contributed by atoms with Crippen LogP contribution in [0.2, 0.25) is 0 Å². The van der Waals surface area contributed by atoms with E-state index in [4.69, 9.17) is 18.6 Å². The lowest BCUT2D eigenvalue weighted by Crippen LogP contribution is -2.20. The first-order valence-corrected chi connectivity index (χ1v) is 11.7. The molecule has 0 atom stereocenters. The highest BCUT2D eigenvalue weighted by atomic mass is 16.5. The van der Waals surface area contributed by atoms with E-state index in [-0.39, 0.29) is 29.1 Å². The minimum atomic E-state index is -0.318. The molecule has 4 rings (SSSR count). The Hall–Kier alpha value is -4.26. The van der Waals surface area contributed by atoms with Crippen molar-refractivity contribution in [3.8, 4) is 23.0 Å². The minimum Gasteiger partial charge on any atom is -0.494 e. The zero-order valence-electron chi connectivity index (χ0n) is 20.8. The number of carbonyl (C=O) groups is 1. The second-order valence-electron chi connectivity index (χ2n) is 9.26. The van der Waals surface area contributed by atoms with Gasteiger partial charge in [-0.1, -0.05) is 32.9 Å². The fourth-order valence-electron chi connectivity index (χ4n) is 3.55. The summed E-state index contributed by atoms with van der Waals surface area (Å²) < 4.78 is 22.4. The van der Waals surface area contributed by atoms with E-state index in [1.807, 2.05) is 31.2 Å². The first-order chi connectivity index (χ1) is 17.2. The third kappa shape index (κ3) is 6.05. The van der Waals surface area contributed by atoms with Gasteiger partial charge in [0, 0.05) is 11.8 Å². The maximum absolute atomic E-state index is 12.9. The van der Waals surface area contributed by atoms with Gasteiger partial charge in [0.2, 0.25) is 11.2 Å². The van der Waals surface area contributed by atoms with Crippen LogP contribution in [0.1, 0.15) is 33.3 Å². The zero-order chi connectivity index (χ0) is 25.7. The SMILES string of the molecule is CCOc1ccc(NC(=O)COc2ccc3c(=O)c(Oc4ccc(C(C)(C)C)cc4)coc3c2)cc1. The van der Waals surface area contributed by atoms with Crippen molar-refractivity contribution >= 4 is 22.6 Å². The van der Waals surface area contributed by atoms with Crippen LogP contribution in [0.3, 0.4) is 0 Å². The van der Waals surface area contributed by atoms with Crippen molar-refractivity contribution in [3.63, 3.8) is 0 Å². The van der Waals surface area contributed by atoms with Crippen LogP contribution in [-0.4, -0.2) is 19.1 Å². The standard InChI is InChI=1S/C29H29NO6/c1-5-33-21-12-8-20(9-13-21)30-27(31)18-34-23-14-15-24-25(16-23)35-17-26(28(24)32)36-22-10-6-19(7-11-22)29(2,3)4/h6-17H,5,18H2,1-4H3,(H,30,31). The third-order valence-corrected chi connectivity index (χ3v) is 5.48. The number of amides is 1. The maximum atomic E-state index is 12.9. The molecule has 1 amide bonds. The fourth-order valence-corrected chi connectivity index (χ4v) is 3.55. The molecule has 4 aromatic rings. The van der Waals surface area contributed by atoms with E-state index in [1.54, 1.807) is 42.5 Å². The maximum Gasteiger partial charge on any atom is 0.262 e. The van der Waals surface area contributed by atoms with E-state index >= 15 is 0 Å². The molecular formula is C29H29NO6. The lowest BCUT2D eigenvalue weighted by Gasteiger charge is -2.19. The largest absolute Gasteiger partial charge is 0.494 e. The number of rotatable bonds is 8. The minimum absolute atomic E-state index is 0.0241. The van der Waals surface area contributed by atoms with Crippen LogP contribution in [0, 0.1) is 0 Å². The van der Waals surface area contributed by atoms with Crippen molar-refractivity contribution < 1.29 is 23.4 Å². The highest BCUT2D eigenvalue weighted by Gasteiger charge is 2.15. The Labute approximate surface area is 209 Å². The molecule has 7 nitrogen and oxygen atoms in total. The summed E-state index contributed by atoms with van der Waals surface area (Å²) in [7, 11) is 0. The average molecular weight is 488 g/mol. The van der Waals surface area contributed by atoms with Crippen LogP contribution in [-0.2, 0) is 10.2 Å². The van der Waals surface area contributed by atoms with Crippen molar-refractivity contribution in [2.45, 2.75) is 33.1 Å². The van der Waals surface area contributed by atoms with Gasteiger partial charge in [-0.05, 0) is 66.4 Å². The van der Waals surface area contributed by atoms with Gasteiger partial charge in [-0.3, -0.25) is 9.59 Å². The van der Waals surface area contributed by atoms with Gasteiger partial charge in [-0.2, -0.15) is 0 Å². The predicted octanol–water partition coefficient (Wildman–Crippen LogP) is 6.30.